The number of para-hydroxylation sites is 1. The Kier molecular flexibility index (Phi) is 3.28. The van der Waals surface area contributed by atoms with Crippen molar-refractivity contribution in [2.24, 2.45) is 0 Å². The Morgan fingerprint density at radius 1 is 1.15 bits per heavy atom. The van der Waals surface area contributed by atoms with E-state index in [2.05, 4.69) is 15.2 Å². The number of halogens is 1. The van der Waals surface area contributed by atoms with Crippen molar-refractivity contribution in [1.82, 2.24) is 19.7 Å². The predicted molar refractivity (Wildman–Crippen MR) is 75.5 cm³/mol. The van der Waals surface area contributed by atoms with E-state index in [1.807, 2.05) is 6.07 Å². The fourth-order valence-corrected chi connectivity index (χ4v) is 3.10. The van der Waals surface area contributed by atoms with E-state index in [4.69, 9.17) is 10.7 Å². The fraction of sp³-hybridized carbons (Fsp3) is 0. The first-order chi connectivity index (χ1) is 9.57. The van der Waals surface area contributed by atoms with E-state index < -0.39 is 9.05 Å². The zero-order valence-electron chi connectivity index (χ0n) is 9.84. The zero-order chi connectivity index (χ0) is 14.2. The molecular weight excluding hydrogens is 320 g/mol. The predicted octanol–water partition coefficient (Wildman–Crippen LogP) is 2.32. The van der Waals surface area contributed by atoms with Crippen LogP contribution in [-0.4, -0.2) is 28.2 Å². The molecule has 1 aromatic carbocycles. The van der Waals surface area contributed by atoms with Crippen LogP contribution in [0, 0.1) is 0 Å². The third-order valence-electron chi connectivity index (χ3n) is 2.53. The molecule has 102 valence electrons. The van der Waals surface area contributed by atoms with Gasteiger partial charge in [-0.2, -0.15) is 0 Å². The first-order valence-corrected chi connectivity index (χ1v) is 8.66. The maximum atomic E-state index is 11.6. The van der Waals surface area contributed by atoms with Crippen LogP contribution in [0.2, 0.25) is 0 Å². The van der Waals surface area contributed by atoms with Gasteiger partial charge in [0.25, 0.3) is 14.2 Å². The molecule has 0 aliphatic heterocycles. The van der Waals surface area contributed by atoms with E-state index in [-0.39, 0.29) is 5.16 Å². The molecule has 0 atom stereocenters. The van der Waals surface area contributed by atoms with Gasteiger partial charge in [0.2, 0.25) is 0 Å². The summed E-state index contributed by atoms with van der Waals surface area (Å²) >= 11 is 1.38. The summed E-state index contributed by atoms with van der Waals surface area (Å²) in [6.45, 7) is 0. The Labute approximate surface area is 123 Å². The summed E-state index contributed by atoms with van der Waals surface area (Å²) in [5.74, 6) is 0.330. The van der Waals surface area contributed by atoms with Gasteiger partial charge in [-0.15, -0.1) is 21.5 Å². The van der Waals surface area contributed by atoms with Crippen LogP contribution in [0.3, 0.4) is 0 Å². The summed E-state index contributed by atoms with van der Waals surface area (Å²) < 4.78 is 24.6. The molecule has 2 heterocycles. The van der Waals surface area contributed by atoms with Crippen molar-refractivity contribution >= 4 is 31.1 Å². The number of aromatic nitrogens is 4. The lowest BCUT2D eigenvalue weighted by Crippen LogP contribution is -2.05. The maximum Gasteiger partial charge on any atom is 0.297 e. The second-order valence-electron chi connectivity index (χ2n) is 3.79. The first-order valence-electron chi connectivity index (χ1n) is 5.41. The Bertz CT molecular complexity index is 829. The minimum Gasteiger partial charge on any atom is -0.263 e. The summed E-state index contributed by atoms with van der Waals surface area (Å²) in [5, 5.41) is 9.00. The maximum absolute atomic E-state index is 11.6. The Balaban J connectivity index is 2.31. The molecule has 0 saturated carbocycles. The normalized spacial score (nSPS) is 11.7. The van der Waals surface area contributed by atoms with Gasteiger partial charge in [-0.3, -0.25) is 4.57 Å². The molecule has 9 heteroatoms. The summed E-state index contributed by atoms with van der Waals surface area (Å²) in [7, 11) is 1.40. The highest BCUT2D eigenvalue weighted by Gasteiger charge is 2.25. The van der Waals surface area contributed by atoms with Crippen LogP contribution in [-0.2, 0) is 9.05 Å². The van der Waals surface area contributed by atoms with Gasteiger partial charge in [0, 0.05) is 16.1 Å². The average molecular weight is 327 g/mol. The summed E-state index contributed by atoms with van der Waals surface area (Å²) in [4.78, 5) is 4.13. The monoisotopic (exact) mass is 326 g/mol. The van der Waals surface area contributed by atoms with Crippen molar-refractivity contribution in [3.05, 3.63) is 41.2 Å². The SMILES string of the molecule is O=S(=O)(Cl)c1nnc(-c2cscn2)n1-c1ccccc1. The zero-order valence-corrected chi connectivity index (χ0v) is 12.2. The number of thiazole rings is 1. The van der Waals surface area contributed by atoms with E-state index in [1.165, 1.54) is 15.9 Å². The summed E-state index contributed by atoms with van der Waals surface area (Å²) in [6, 6.07) is 8.87. The second-order valence-corrected chi connectivity index (χ2v) is 6.97. The molecule has 0 radical (unpaired) electrons. The summed E-state index contributed by atoms with van der Waals surface area (Å²) in [6.07, 6.45) is 0. The smallest absolute Gasteiger partial charge is 0.263 e. The second kappa shape index (κ2) is 4.97. The molecular formula is C11H7ClN4O2S2. The third-order valence-corrected chi connectivity index (χ3v) is 4.23. The highest BCUT2D eigenvalue weighted by Crippen LogP contribution is 2.26. The van der Waals surface area contributed by atoms with Crippen molar-refractivity contribution in [3.8, 4) is 17.2 Å². The molecule has 0 aliphatic carbocycles. The number of benzene rings is 1. The molecule has 3 rings (SSSR count). The van der Waals surface area contributed by atoms with E-state index in [0.29, 0.717) is 17.2 Å². The fourth-order valence-electron chi connectivity index (χ4n) is 1.73. The molecule has 0 fully saturated rings. The van der Waals surface area contributed by atoms with E-state index >= 15 is 0 Å². The average Bonchev–Trinajstić information content (AvgIpc) is 3.07. The Morgan fingerprint density at radius 2 is 1.90 bits per heavy atom. The van der Waals surface area contributed by atoms with Crippen LogP contribution in [0.5, 0.6) is 0 Å². The van der Waals surface area contributed by atoms with Gasteiger partial charge >= 0.3 is 0 Å². The van der Waals surface area contributed by atoms with Crippen LogP contribution >= 0.6 is 22.0 Å². The van der Waals surface area contributed by atoms with Crippen molar-refractivity contribution < 1.29 is 8.42 Å². The van der Waals surface area contributed by atoms with Crippen LogP contribution < -0.4 is 0 Å². The minimum atomic E-state index is -4.01. The van der Waals surface area contributed by atoms with Gasteiger partial charge in [0.15, 0.2) is 5.82 Å². The number of rotatable bonds is 3. The van der Waals surface area contributed by atoms with Gasteiger partial charge in [0.05, 0.1) is 11.2 Å². The topological polar surface area (TPSA) is 77.7 Å². The van der Waals surface area contributed by atoms with E-state index in [1.54, 1.807) is 35.2 Å². The molecule has 6 nitrogen and oxygen atoms in total. The van der Waals surface area contributed by atoms with Crippen molar-refractivity contribution in [2.75, 3.05) is 0 Å². The molecule has 2 aromatic heterocycles. The highest BCUT2D eigenvalue weighted by atomic mass is 35.7. The van der Waals surface area contributed by atoms with Crippen LogP contribution in [0.1, 0.15) is 0 Å². The molecule has 0 spiro atoms. The number of nitrogens with zero attached hydrogens (tertiary/aromatic N) is 4. The van der Waals surface area contributed by atoms with Crippen LogP contribution in [0.15, 0.2) is 46.4 Å². The van der Waals surface area contributed by atoms with Crippen LogP contribution in [0.25, 0.3) is 17.2 Å². The molecule has 0 aliphatic rings. The van der Waals surface area contributed by atoms with E-state index in [0.717, 1.165) is 0 Å². The van der Waals surface area contributed by atoms with Crippen molar-refractivity contribution in [3.63, 3.8) is 0 Å². The quantitative estimate of drug-likeness (QED) is 0.690. The lowest BCUT2D eigenvalue weighted by molar-refractivity contribution is 0.597. The highest BCUT2D eigenvalue weighted by molar-refractivity contribution is 8.13. The number of hydrogen-bond acceptors (Lipinski definition) is 6. The molecule has 0 N–H and O–H groups in total. The standard InChI is InChI=1S/C11H7ClN4O2S2/c12-20(17,18)11-15-14-10(9-6-19-7-13-9)16(11)8-4-2-1-3-5-8/h1-7H. The van der Waals surface area contributed by atoms with Gasteiger partial charge in [0.1, 0.15) is 5.69 Å². The Morgan fingerprint density at radius 3 is 2.50 bits per heavy atom. The first kappa shape index (κ1) is 13.2. The lowest BCUT2D eigenvalue weighted by Gasteiger charge is -2.07. The van der Waals surface area contributed by atoms with E-state index in [9.17, 15) is 8.42 Å². The largest absolute Gasteiger partial charge is 0.297 e. The third kappa shape index (κ3) is 2.33. The lowest BCUT2D eigenvalue weighted by atomic mass is 10.3. The molecule has 0 bridgehead atoms. The minimum absolute atomic E-state index is 0.326. The van der Waals surface area contributed by atoms with Gasteiger partial charge in [-0.1, -0.05) is 18.2 Å². The van der Waals surface area contributed by atoms with Crippen molar-refractivity contribution in [1.29, 1.82) is 0 Å². The molecule has 0 unspecified atom stereocenters. The van der Waals surface area contributed by atoms with Gasteiger partial charge in [-0.25, -0.2) is 13.4 Å². The van der Waals surface area contributed by atoms with Gasteiger partial charge in [-0.05, 0) is 12.1 Å². The Hall–Kier alpha value is -1.77. The van der Waals surface area contributed by atoms with Gasteiger partial charge < -0.3 is 0 Å². The van der Waals surface area contributed by atoms with Crippen molar-refractivity contribution in [2.45, 2.75) is 5.16 Å². The molecule has 20 heavy (non-hydrogen) atoms. The van der Waals surface area contributed by atoms with Crippen LogP contribution in [0.4, 0.5) is 0 Å². The summed E-state index contributed by atoms with van der Waals surface area (Å²) in [5.41, 5.74) is 2.77. The molecule has 0 amide bonds. The molecule has 3 aromatic rings. The molecule has 0 saturated heterocycles. The number of hydrogen-bond donors (Lipinski definition) is 0.